The molecule has 4 nitrogen and oxygen atoms in total. The third-order valence-corrected chi connectivity index (χ3v) is 3.73. The standard InChI is InChI=1S/C18H13F3N2O2/c19-12-7-11(8-13(20)17(12)21)16(9-24)23-18(25)15-6-5-10-3-1-2-4-14(10)22-15/h1-8,16,24H,9H2,(H,23,25). The van der Waals surface area contributed by atoms with E-state index in [-0.39, 0.29) is 11.3 Å². The highest BCUT2D eigenvalue weighted by Gasteiger charge is 2.20. The van der Waals surface area contributed by atoms with Gasteiger partial charge in [-0.25, -0.2) is 18.2 Å². The van der Waals surface area contributed by atoms with Gasteiger partial charge in [0.05, 0.1) is 18.2 Å². The molecular weight excluding hydrogens is 333 g/mol. The van der Waals surface area contributed by atoms with E-state index in [1.165, 1.54) is 6.07 Å². The fraction of sp³-hybridized carbons (Fsp3) is 0.111. The van der Waals surface area contributed by atoms with Gasteiger partial charge in [-0.2, -0.15) is 0 Å². The lowest BCUT2D eigenvalue weighted by atomic mass is 10.1. The number of aromatic nitrogens is 1. The minimum Gasteiger partial charge on any atom is -0.394 e. The highest BCUT2D eigenvalue weighted by Crippen LogP contribution is 2.20. The van der Waals surface area contributed by atoms with Crippen molar-refractivity contribution in [2.75, 3.05) is 6.61 Å². The third-order valence-electron chi connectivity index (χ3n) is 3.73. The SMILES string of the molecule is O=C(NC(CO)c1cc(F)c(F)c(F)c1)c1ccc2ccccc2n1. The molecule has 2 aromatic carbocycles. The number of rotatable bonds is 4. The molecule has 1 heterocycles. The lowest BCUT2D eigenvalue weighted by Gasteiger charge is -2.17. The van der Waals surface area contributed by atoms with Crippen molar-refractivity contribution >= 4 is 16.8 Å². The number of fused-ring (bicyclic) bond motifs is 1. The number of hydrogen-bond acceptors (Lipinski definition) is 3. The number of pyridine rings is 1. The Bertz CT molecular complexity index is 924. The van der Waals surface area contributed by atoms with Gasteiger partial charge < -0.3 is 10.4 Å². The Morgan fingerprint density at radius 1 is 1.08 bits per heavy atom. The monoisotopic (exact) mass is 346 g/mol. The van der Waals surface area contributed by atoms with Crippen LogP contribution in [0, 0.1) is 17.5 Å². The van der Waals surface area contributed by atoms with Crippen molar-refractivity contribution in [2.45, 2.75) is 6.04 Å². The summed E-state index contributed by atoms with van der Waals surface area (Å²) < 4.78 is 39.7. The molecule has 0 bridgehead atoms. The molecule has 2 N–H and O–H groups in total. The number of nitrogens with one attached hydrogen (secondary N) is 1. The molecule has 0 aliphatic carbocycles. The van der Waals surface area contributed by atoms with Crippen molar-refractivity contribution in [3.05, 3.63) is 77.2 Å². The maximum absolute atomic E-state index is 13.3. The number of hydrogen-bond donors (Lipinski definition) is 2. The molecule has 1 unspecified atom stereocenters. The highest BCUT2D eigenvalue weighted by atomic mass is 19.2. The van der Waals surface area contributed by atoms with Gasteiger partial charge in [0.1, 0.15) is 5.69 Å². The van der Waals surface area contributed by atoms with Crippen LogP contribution in [0.25, 0.3) is 10.9 Å². The first-order chi connectivity index (χ1) is 12.0. The number of amides is 1. The number of nitrogens with zero attached hydrogens (tertiary/aromatic N) is 1. The molecule has 0 radical (unpaired) electrons. The van der Waals surface area contributed by atoms with Gasteiger partial charge in [0, 0.05) is 5.39 Å². The van der Waals surface area contributed by atoms with Gasteiger partial charge in [-0.05, 0) is 29.8 Å². The number of aliphatic hydroxyl groups is 1. The molecule has 0 fully saturated rings. The molecule has 3 aromatic rings. The smallest absolute Gasteiger partial charge is 0.270 e. The van der Waals surface area contributed by atoms with Crippen LogP contribution in [-0.4, -0.2) is 22.6 Å². The van der Waals surface area contributed by atoms with Crippen LogP contribution in [0.3, 0.4) is 0 Å². The fourth-order valence-electron chi connectivity index (χ4n) is 2.44. The summed E-state index contributed by atoms with van der Waals surface area (Å²) in [7, 11) is 0. The van der Waals surface area contributed by atoms with Crippen LogP contribution in [-0.2, 0) is 0 Å². The molecule has 0 aliphatic heterocycles. The van der Waals surface area contributed by atoms with Crippen LogP contribution in [0.15, 0.2) is 48.5 Å². The largest absolute Gasteiger partial charge is 0.394 e. The van der Waals surface area contributed by atoms with Gasteiger partial charge in [-0.3, -0.25) is 4.79 Å². The molecule has 0 aliphatic rings. The van der Waals surface area contributed by atoms with E-state index in [0.717, 1.165) is 17.5 Å². The molecule has 1 amide bonds. The summed E-state index contributed by atoms with van der Waals surface area (Å²) in [5.74, 6) is -5.03. The predicted molar refractivity (Wildman–Crippen MR) is 85.4 cm³/mol. The quantitative estimate of drug-likeness (QED) is 0.714. The molecule has 0 saturated carbocycles. The first-order valence-corrected chi connectivity index (χ1v) is 7.41. The Labute approximate surface area is 140 Å². The molecule has 25 heavy (non-hydrogen) atoms. The number of carbonyl (C=O) groups excluding carboxylic acids is 1. The Morgan fingerprint density at radius 2 is 1.76 bits per heavy atom. The Morgan fingerprint density at radius 3 is 2.44 bits per heavy atom. The van der Waals surface area contributed by atoms with Gasteiger partial charge in [0.25, 0.3) is 5.91 Å². The second-order valence-corrected chi connectivity index (χ2v) is 5.40. The zero-order valence-corrected chi connectivity index (χ0v) is 12.8. The number of para-hydroxylation sites is 1. The van der Waals surface area contributed by atoms with E-state index in [1.54, 1.807) is 18.2 Å². The average Bonchev–Trinajstić information content (AvgIpc) is 2.63. The average molecular weight is 346 g/mol. The topological polar surface area (TPSA) is 62.2 Å². The fourth-order valence-corrected chi connectivity index (χ4v) is 2.44. The number of aliphatic hydroxyl groups excluding tert-OH is 1. The van der Waals surface area contributed by atoms with Gasteiger partial charge in [-0.15, -0.1) is 0 Å². The van der Waals surface area contributed by atoms with E-state index >= 15 is 0 Å². The predicted octanol–water partition coefficient (Wildman–Crippen LogP) is 3.12. The summed E-state index contributed by atoms with van der Waals surface area (Å²) in [6.07, 6.45) is 0. The maximum Gasteiger partial charge on any atom is 0.270 e. The molecular formula is C18H13F3N2O2. The molecule has 1 aromatic heterocycles. The van der Waals surface area contributed by atoms with Crippen LogP contribution >= 0.6 is 0 Å². The lowest BCUT2D eigenvalue weighted by molar-refractivity contribution is 0.0911. The second-order valence-electron chi connectivity index (χ2n) is 5.40. The minimum absolute atomic E-state index is 0.0835. The summed E-state index contributed by atoms with van der Waals surface area (Å²) in [6.45, 7) is -0.621. The molecule has 0 spiro atoms. The van der Waals surface area contributed by atoms with E-state index in [4.69, 9.17) is 0 Å². The molecule has 7 heteroatoms. The lowest BCUT2D eigenvalue weighted by Crippen LogP contribution is -2.31. The van der Waals surface area contributed by atoms with Crippen LogP contribution in [0.4, 0.5) is 13.2 Å². The molecule has 128 valence electrons. The zero-order chi connectivity index (χ0) is 18.0. The van der Waals surface area contributed by atoms with Crippen molar-refractivity contribution in [2.24, 2.45) is 0 Å². The molecule has 1 atom stereocenters. The van der Waals surface area contributed by atoms with Crippen molar-refractivity contribution in [1.29, 1.82) is 0 Å². The Balaban J connectivity index is 1.86. The van der Waals surface area contributed by atoms with Gasteiger partial charge in [0.2, 0.25) is 0 Å². The van der Waals surface area contributed by atoms with Gasteiger partial charge in [-0.1, -0.05) is 24.3 Å². The summed E-state index contributed by atoms with van der Waals surface area (Å²) in [4.78, 5) is 16.5. The van der Waals surface area contributed by atoms with Crippen LogP contribution < -0.4 is 5.32 Å². The van der Waals surface area contributed by atoms with Gasteiger partial charge >= 0.3 is 0 Å². The van der Waals surface area contributed by atoms with Gasteiger partial charge in [0.15, 0.2) is 17.5 Å². The zero-order valence-electron chi connectivity index (χ0n) is 12.8. The van der Waals surface area contributed by atoms with Crippen LogP contribution in [0.2, 0.25) is 0 Å². The molecule has 3 rings (SSSR count). The van der Waals surface area contributed by atoms with E-state index in [9.17, 15) is 23.1 Å². The highest BCUT2D eigenvalue weighted by molar-refractivity contribution is 5.95. The summed E-state index contributed by atoms with van der Waals surface area (Å²) >= 11 is 0. The Kier molecular flexibility index (Phi) is 4.67. The summed E-state index contributed by atoms with van der Waals surface area (Å²) in [5.41, 5.74) is 0.600. The van der Waals surface area contributed by atoms with E-state index in [2.05, 4.69) is 10.3 Å². The van der Waals surface area contributed by atoms with Crippen LogP contribution in [0.5, 0.6) is 0 Å². The normalized spacial score (nSPS) is 12.2. The summed E-state index contributed by atoms with van der Waals surface area (Å²) in [6, 6.07) is 10.7. The van der Waals surface area contributed by atoms with E-state index in [0.29, 0.717) is 5.52 Å². The third kappa shape index (κ3) is 3.46. The van der Waals surface area contributed by atoms with Crippen molar-refractivity contribution < 1.29 is 23.1 Å². The van der Waals surface area contributed by atoms with Crippen molar-refractivity contribution in [1.82, 2.24) is 10.3 Å². The minimum atomic E-state index is -1.61. The van der Waals surface area contributed by atoms with Crippen molar-refractivity contribution in [3.63, 3.8) is 0 Å². The van der Waals surface area contributed by atoms with Crippen LogP contribution in [0.1, 0.15) is 22.1 Å². The van der Waals surface area contributed by atoms with E-state index in [1.807, 2.05) is 12.1 Å². The second kappa shape index (κ2) is 6.90. The van der Waals surface area contributed by atoms with E-state index < -0.39 is 36.0 Å². The molecule has 0 saturated heterocycles. The first-order valence-electron chi connectivity index (χ1n) is 7.41. The van der Waals surface area contributed by atoms with Crippen molar-refractivity contribution in [3.8, 4) is 0 Å². The number of benzene rings is 2. The maximum atomic E-state index is 13.3. The number of carbonyl (C=O) groups is 1. The Hall–Kier alpha value is -2.93. The number of halogens is 3. The summed E-state index contributed by atoms with van der Waals surface area (Å²) in [5, 5.41) is 12.7. The first kappa shape index (κ1) is 16.9.